The van der Waals surface area contributed by atoms with Crippen molar-refractivity contribution in [2.45, 2.75) is 19.1 Å². The molecular weight excluding hydrogens is 309 g/mol. The van der Waals surface area contributed by atoms with Crippen LogP contribution in [-0.4, -0.2) is 34.2 Å². The molecule has 1 aromatic rings. The average Bonchev–Trinajstić information content (AvgIpc) is 2.23. The number of amides is 1. The van der Waals surface area contributed by atoms with E-state index in [0.29, 0.717) is 4.47 Å². The summed E-state index contributed by atoms with van der Waals surface area (Å²) in [5.74, 6) is -2.77. The van der Waals surface area contributed by atoms with Gasteiger partial charge in [0.1, 0.15) is 5.82 Å². The third-order valence-electron chi connectivity index (χ3n) is 2.16. The first kappa shape index (κ1) is 14.6. The van der Waals surface area contributed by atoms with Gasteiger partial charge < -0.3 is 15.5 Å². The lowest BCUT2D eigenvalue weighted by Crippen LogP contribution is -2.47. The largest absolute Gasteiger partial charge is 0.480 e. The molecule has 0 aliphatic rings. The molecule has 0 heterocycles. The Labute approximate surface area is 111 Å². The minimum absolute atomic E-state index is 0.0335. The van der Waals surface area contributed by atoms with Crippen molar-refractivity contribution in [3.8, 4) is 0 Å². The number of halogens is 2. The highest BCUT2D eigenvalue weighted by atomic mass is 79.9. The van der Waals surface area contributed by atoms with E-state index in [-0.39, 0.29) is 5.56 Å². The number of hydrogen-bond donors (Lipinski definition) is 3. The summed E-state index contributed by atoms with van der Waals surface area (Å²) in [6.45, 7) is 1.24. The van der Waals surface area contributed by atoms with Crippen molar-refractivity contribution in [2.75, 3.05) is 0 Å². The summed E-state index contributed by atoms with van der Waals surface area (Å²) in [4.78, 5) is 22.5. The maximum Gasteiger partial charge on any atom is 0.328 e. The van der Waals surface area contributed by atoms with Crippen LogP contribution < -0.4 is 5.32 Å². The van der Waals surface area contributed by atoms with Crippen molar-refractivity contribution in [3.63, 3.8) is 0 Å². The smallest absolute Gasteiger partial charge is 0.328 e. The summed E-state index contributed by atoms with van der Waals surface area (Å²) < 4.78 is 13.4. The first-order valence-electron chi connectivity index (χ1n) is 4.99. The molecule has 18 heavy (non-hydrogen) atoms. The highest BCUT2D eigenvalue weighted by molar-refractivity contribution is 9.10. The van der Waals surface area contributed by atoms with Crippen LogP contribution >= 0.6 is 15.9 Å². The Morgan fingerprint density at radius 3 is 2.44 bits per heavy atom. The summed E-state index contributed by atoms with van der Waals surface area (Å²) in [5.41, 5.74) is -0.0335. The Bertz CT molecular complexity index is 458. The Hall–Kier alpha value is -1.47. The van der Waals surface area contributed by atoms with Gasteiger partial charge in [0.25, 0.3) is 5.91 Å². The number of carbonyl (C=O) groups excluding carboxylic acids is 1. The number of nitrogens with one attached hydrogen (secondary N) is 1. The van der Waals surface area contributed by atoms with Crippen molar-refractivity contribution >= 4 is 27.8 Å². The summed E-state index contributed by atoms with van der Waals surface area (Å²) in [7, 11) is 0. The zero-order chi connectivity index (χ0) is 13.9. The maximum atomic E-state index is 13.1. The number of aliphatic hydroxyl groups is 1. The lowest BCUT2D eigenvalue weighted by atomic mass is 10.1. The van der Waals surface area contributed by atoms with Crippen LogP contribution in [0.15, 0.2) is 22.7 Å². The van der Waals surface area contributed by atoms with Crippen LogP contribution in [0.4, 0.5) is 4.39 Å². The van der Waals surface area contributed by atoms with E-state index in [2.05, 4.69) is 21.2 Å². The average molecular weight is 320 g/mol. The summed E-state index contributed by atoms with van der Waals surface area (Å²) in [6, 6.07) is 2.04. The van der Waals surface area contributed by atoms with E-state index in [1.165, 1.54) is 19.1 Å². The van der Waals surface area contributed by atoms with E-state index >= 15 is 0 Å². The fourth-order valence-electron chi connectivity index (χ4n) is 1.30. The van der Waals surface area contributed by atoms with Gasteiger partial charge in [-0.15, -0.1) is 0 Å². The number of aliphatic carboxylic acids is 1. The predicted octanol–water partition coefficient (Wildman–Crippen LogP) is 1.15. The predicted molar refractivity (Wildman–Crippen MR) is 64.7 cm³/mol. The van der Waals surface area contributed by atoms with E-state index < -0.39 is 29.8 Å². The number of carboxylic acid groups (broad SMARTS) is 1. The van der Waals surface area contributed by atoms with Crippen LogP contribution in [0.5, 0.6) is 0 Å². The summed E-state index contributed by atoms with van der Waals surface area (Å²) in [6.07, 6.45) is -1.26. The van der Waals surface area contributed by atoms with Gasteiger partial charge in [0.15, 0.2) is 6.04 Å². The Balaban J connectivity index is 2.90. The number of carboxylic acids is 1. The van der Waals surface area contributed by atoms with Crippen LogP contribution in [0.1, 0.15) is 17.3 Å². The molecule has 7 heteroatoms. The van der Waals surface area contributed by atoms with Gasteiger partial charge in [-0.25, -0.2) is 9.18 Å². The normalized spacial score (nSPS) is 13.8. The third kappa shape index (κ3) is 3.78. The first-order valence-corrected chi connectivity index (χ1v) is 5.78. The topological polar surface area (TPSA) is 86.6 Å². The van der Waals surface area contributed by atoms with Crippen LogP contribution in [0.3, 0.4) is 0 Å². The first-order chi connectivity index (χ1) is 8.31. The number of benzene rings is 1. The molecule has 1 amide bonds. The quantitative estimate of drug-likeness (QED) is 0.777. The van der Waals surface area contributed by atoms with Gasteiger partial charge in [0, 0.05) is 10.0 Å². The van der Waals surface area contributed by atoms with Crippen LogP contribution in [-0.2, 0) is 4.79 Å². The zero-order valence-corrected chi connectivity index (χ0v) is 10.9. The van der Waals surface area contributed by atoms with E-state index in [9.17, 15) is 19.1 Å². The molecule has 2 atom stereocenters. The molecule has 0 bridgehead atoms. The molecule has 1 aromatic carbocycles. The SMILES string of the molecule is CC(O)C(NC(=O)c1cc(F)cc(Br)c1)C(=O)O. The van der Waals surface area contributed by atoms with Gasteiger partial charge in [-0.3, -0.25) is 4.79 Å². The molecule has 5 nitrogen and oxygen atoms in total. The zero-order valence-electron chi connectivity index (χ0n) is 9.35. The third-order valence-corrected chi connectivity index (χ3v) is 2.62. The summed E-state index contributed by atoms with van der Waals surface area (Å²) >= 11 is 3.02. The second-order valence-corrected chi connectivity index (χ2v) is 4.60. The van der Waals surface area contributed by atoms with Gasteiger partial charge in [0.2, 0.25) is 0 Å². The van der Waals surface area contributed by atoms with Crippen molar-refractivity contribution < 1.29 is 24.2 Å². The second kappa shape index (κ2) is 5.92. The van der Waals surface area contributed by atoms with Gasteiger partial charge in [-0.2, -0.15) is 0 Å². The maximum absolute atomic E-state index is 13.1. The Kier molecular flexibility index (Phi) is 4.80. The fraction of sp³-hybridized carbons (Fsp3) is 0.273. The minimum Gasteiger partial charge on any atom is -0.480 e. The van der Waals surface area contributed by atoms with E-state index in [0.717, 1.165) is 6.07 Å². The molecule has 0 saturated heterocycles. The van der Waals surface area contributed by atoms with Gasteiger partial charge in [-0.05, 0) is 25.1 Å². The number of carbonyl (C=O) groups is 2. The molecular formula is C11H11BrFNO4. The van der Waals surface area contributed by atoms with Crippen molar-refractivity contribution in [1.29, 1.82) is 0 Å². The van der Waals surface area contributed by atoms with E-state index in [4.69, 9.17) is 5.11 Å². The molecule has 98 valence electrons. The molecule has 0 aliphatic carbocycles. The van der Waals surface area contributed by atoms with E-state index in [1.54, 1.807) is 0 Å². The molecule has 1 rings (SSSR count). The highest BCUT2D eigenvalue weighted by Gasteiger charge is 2.25. The molecule has 3 N–H and O–H groups in total. The molecule has 2 unspecified atom stereocenters. The number of aliphatic hydroxyl groups excluding tert-OH is 1. The van der Waals surface area contributed by atoms with Crippen molar-refractivity contribution in [3.05, 3.63) is 34.1 Å². The van der Waals surface area contributed by atoms with Crippen LogP contribution in [0, 0.1) is 5.82 Å². The minimum atomic E-state index is -1.44. The Morgan fingerprint density at radius 1 is 1.39 bits per heavy atom. The second-order valence-electron chi connectivity index (χ2n) is 3.69. The monoisotopic (exact) mass is 319 g/mol. The van der Waals surface area contributed by atoms with Crippen molar-refractivity contribution in [2.24, 2.45) is 0 Å². The summed E-state index contributed by atoms with van der Waals surface area (Å²) in [5, 5.41) is 20.1. The Morgan fingerprint density at radius 2 is 2.00 bits per heavy atom. The van der Waals surface area contributed by atoms with E-state index in [1.807, 2.05) is 0 Å². The highest BCUT2D eigenvalue weighted by Crippen LogP contribution is 2.15. The number of hydrogen-bond acceptors (Lipinski definition) is 3. The van der Waals surface area contributed by atoms with Gasteiger partial charge in [-0.1, -0.05) is 15.9 Å². The number of rotatable bonds is 4. The molecule has 0 spiro atoms. The molecule has 0 radical (unpaired) electrons. The van der Waals surface area contributed by atoms with Crippen molar-refractivity contribution in [1.82, 2.24) is 5.32 Å². The lowest BCUT2D eigenvalue weighted by Gasteiger charge is -2.17. The van der Waals surface area contributed by atoms with Gasteiger partial charge >= 0.3 is 5.97 Å². The molecule has 0 aromatic heterocycles. The van der Waals surface area contributed by atoms with Gasteiger partial charge in [0.05, 0.1) is 6.10 Å². The fourth-order valence-corrected chi connectivity index (χ4v) is 1.76. The van der Waals surface area contributed by atoms with Crippen LogP contribution in [0.2, 0.25) is 0 Å². The molecule has 0 saturated carbocycles. The lowest BCUT2D eigenvalue weighted by molar-refractivity contribution is -0.141. The van der Waals surface area contributed by atoms with Crippen LogP contribution in [0.25, 0.3) is 0 Å². The standard InChI is InChI=1S/C11H11BrFNO4/c1-5(15)9(11(17)18)14-10(16)6-2-7(12)4-8(13)3-6/h2-5,9,15H,1H3,(H,14,16)(H,17,18). The molecule has 0 fully saturated rings. The molecule has 0 aliphatic heterocycles.